The zero-order valence-electron chi connectivity index (χ0n) is 16.6. The quantitative estimate of drug-likeness (QED) is 0.396. The van der Waals surface area contributed by atoms with Crippen LogP contribution in [0.2, 0.25) is 0 Å². The molecule has 162 valence electrons. The lowest BCUT2D eigenvalue weighted by Crippen LogP contribution is -2.15. The van der Waals surface area contributed by atoms with Crippen molar-refractivity contribution >= 4 is 49.9 Å². The van der Waals surface area contributed by atoms with Crippen LogP contribution >= 0.6 is 23.1 Å². The van der Waals surface area contributed by atoms with Crippen LogP contribution < -0.4 is 18.9 Å². The van der Waals surface area contributed by atoms with Gasteiger partial charge in [0.1, 0.15) is 22.6 Å². The highest BCUT2D eigenvalue weighted by Crippen LogP contribution is 2.41. The number of benzene rings is 2. The zero-order chi connectivity index (χ0) is 22.0. The van der Waals surface area contributed by atoms with E-state index in [0.717, 1.165) is 9.24 Å². The van der Waals surface area contributed by atoms with E-state index in [1.165, 1.54) is 56.6 Å². The molecule has 0 saturated heterocycles. The number of hydrogen-bond donors (Lipinski definition) is 1. The smallest absolute Gasteiger partial charge is 0.270 e. The fourth-order valence-corrected chi connectivity index (χ4v) is 5.91. The van der Waals surface area contributed by atoms with Gasteiger partial charge in [0, 0.05) is 16.5 Å². The van der Waals surface area contributed by atoms with Gasteiger partial charge in [0.2, 0.25) is 0 Å². The number of fused-ring (bicyclic) bond motifs is 1. The average Bonchev–Trinajstić information content (AvgIpc) is 3.42. The second-order valence-corrected chi connectivity index (χ2v) is 9.86. The molecule has 0 aliphatic rings. The van der Waals surface area contributed by atoms with Gasteiger partial charge in [-0.3, -0.25) is 4.72 Å². The summed E-state index contributed by atoms with van der Waals surface area (Å²) in [5, 5.41) is 6.19. The molecule has 2 aromatic heterocycles. The third-order valence-electron chi connectivity index (χ3n) is 4.23. The minimum absolute atomic E-state index is 0.00870. The minimum Gasteiger partial charge on any atom is -0.496 e. The van der Waals surface area contributed by atoms with Crippen LogP contribution in [0.3, 0.4) is 0 Å². The van der Waals surface area contributed by atoms with Crippen molar-refractivity contribution in [2.24, 2.45) is 0 Å². The van der Waals surface area contributed by atoms with Crippen LogP contribution in [0.4, 0.5) is 5.82 Å². The second-order valence-electron chi connectivity index (χ2n) is 6.03. The summed E-state index contributed by atoms with van der Waals surface area (Å²) in [7, 11) is 0.117. The number of sulfonamides is 1. The monoisotopic (exact) mass is 479 g/mol. The van der Waals surface area contributed by atoms with Crippen molar-refractivity contribution in [1.29, 1.82) is 0 Å². The summed E-state index contributed by atoms with van der Waals surface area (Å²) in [6.07, 6.45) is 1.72. The molecular formula is C19H17N3O6S3. The minimum atomic E-state index is -4.13. The normalized spacial score (nSPS) is 11.5. The standard InChI is InChI=1S/C19H17N3O6S3/c1-25-12-5-4-6-13(26-2)17(12)31(23,24)22-18-16-14(27-3)9-11(10-15(16)28-21-18)30-19-20-7-8-29-19/h4-10H,1-3H3,(H,21,22). The van der Waals surface area contributed by atoms with Crippen molar-refractivity contribution in [2.75, 3.05) is 26.1 Å². The largest absolute Gasteiger partial charge is 0.496 e. The molecule has 0 aliphatic heterocycles. The molecule has 0 fully saturated rings. The van der Waals surface area contributed by atoms with E-state index in [1.54, 1.807) is 24.4 Å². The highest BCUT2D eigenvalue weighted by Gasteiger charge is 2.28. The molecule has 0 unspecified atom stereocenters. The Bertz CT molecular complexity index is 1300. The zero-order valence-corrected chi connectivity index (χ0v) is 19.1. The van der Waals surface area contributed by atoms with Crippen molar-refractivity contribution < 1.29 is 27.2 Å². The average molecular weight is 480 g/mol. The molecule has 0 bridgehead atoms. The third kappa shape index (κ3) is 4.13. The van der Waals surface area contributed by atoms with Crippen molar-refractivity contribution in [3.8, 4) is 17.2 Å². The number of hydrogen-bond acceptors (Lipinski definition) is 10. The van der Waals surface area contributed by atoms with Gasteiger partial charge in [-0.15, -0.1) is 11.3 Å². The fraction of sp³-hybridized carbons (Fsp3) is 0.158. The molecule has 4 rings (SSSR count). The summed E-state index contributed by atoms with van der Waals surface area (Å²) >= 11 is 2.94. The highest BCUT2D eigenvalue weighted by atomic mass is 32.2. The Morgan fingerprint density at radius 1 is 1.06 bits per heavy atom. The summed E-state index contributed by atoms with van der Waals surface area (Å²) < 4.78 is 51.0. The van der Waals surface area contributed by atoms with Gasteiger partial charge in [0.05, 0.1) is 21.3 Å². The Balaban J connectivity index is 1.76. The van der Waals surface area contributed by atoms with E-state index in [4.69, 9.17) is 18.7 Å². The third-order valence-corrected chi connectivity index (χ3v) is 7.49. The molecule has 0 saturated carbocycles. The lowest BCUT2D eigenvalue weighted by atomic mass is 10.2. The molecule has 0 spiro atoms. The molecule has 2 aromatic carbocycles. The van der Waals surface area contributed by atoms with Crippen molar-refractivity contribution in [1.82, 2.24) is 10.1 Å². The van der Waals surface area contributed by atoms with Crippen LogP contribution in [0.25, 0.3) is 11.0 Å². The van der Waals surface area contributed by atoms with E-state index in [1.807, 2.05) is 5.38 Å². The van der Waals surface area contributed by atoms with Crippen LogP contribution in [0.5, 0.6) is 17.2 Å². The van der Waals surface area contributed by atoms with Gasteiger partial charge in [-0.05, 0) is 24.3 Å². The van der Waals surface area contributed by atoms with E-state index in [2.05, 4.69) is 14.9 Å². The summed E-state index contributed by atoms with van der Waals surface area (Å²) in [5.41, 5.74) is 0.364. The van der Waals surface area contributed by atoms with Crippen molar-refractivity contribution in [3.63, 3.8) is 0 Å². The van der Waals surface area contributed by atoms with Crippen molar-refractivity contribution in [2.45, 2.75) is 14.1 Å². The van der Waals surface area contributed by atoms with Gasteiger partial charge in [-0.2, -0.15) is 0 Å². The van der Waals surface area contributed by atoms with E-state index in [9.17, 15) is 8.42 Å². The van der Waals surface area contributed by atoms with Crippen LogP contribution in [0.1, 0.15) is 0 Å². The number of aromatic nitrogens is 2. The Morgan fingerprint density at radius 2 is 1.77 bits per heavy atom. The van der Waals surface area contributed by atoms with E-state index < -0.39 is 10.0 Å². The van der Waals surface area contributed by atoms with Gasteiger partial charge in [0.25, 0.3) is 10.0 Å². The SMILES string of the molecule is COc1cccc(OC)c1S(=O)(=O)Nc1noc2cc(Sc3nccs3)cc(OC)c12. The molecule has 0 atom stereocenters. The van der Waals surface area contributed by atoms with Gasteiger partial charge in [0.15, 0.2) is 20.6 Å². The number of nitrogens with one attached hydrogen (secondary N) is 1. The van der Waals surface area contributed by atoms with Crippen LogP contribution in [0.15, 0.2) is 60.6 Å². The molecule has 12 heteroatoms. The first-order valence-corrected chi connectivity index (χ1v) is 11.9. The number of anilines is 1. The number of ether oxygens (including phenoxy) is 3. The predicted octanol–water partition coefficient (Wildman–Crippen LogP) is 4.26. The first-order valence-electron chi connectivity index (χ1n) is 8.75. The molecule has 1 N–H and O–H groups in total. The van der Waals surface area contributed by atoms with E-state index in [0.29, 0.717) is 16.7 Å². The summed E-state index contributed by atoms with van der Waals surface area (Å²) in [6, 6.07) is 8.21. The first kappa shape index (κ1) is 21.3. The lowest BCUT2D eigenvalue weighted by molar-refractivity contribution is 0.373. The number of methoxy groups -OCH3 is 3. The molecule has 4 aromatic rings. The topological polar surface area (TPSA) is 113 Å². The van der Waals surface area contributed by atoms with Gasteiger partial charge in [-0.25, -0.2) is 13.4 Å². The lowest BCUT2D eigenvalue weighted by Gasteiger charge is -2.14. The molecule has 9 nitrogen and oxygen atoms in total. The molecule has 0 radical (unpaired) electrons. The molecule has 0 amide bonds. The van der Waals surface area contributed by atoms with Gasteiger partial charge >= 0.3 is 0 Å². The second kappa shape index (κ2) is 8.65. The first-order chi connectivity index (χ1) is 15.0. The van der Waals surface area contributed by atoms with Gasteiger partial charge < -0.3 is 18.7 Å². The maximum absolute atomic E-state index is 13.2. The summed E-state index contributed by atoms with van der Waals surface area (Å²) in [4.78, 5) is 4.91. The molecular weight excluding hydrogens is 462 g/mol. The Hall–Kier alpha value is -2.96. The van der Waals surface area contributed by atoms with Crippen molar-refractivity contribution in [3.05, 3.63) is 41.9 Å². The van der Waals surface area contributed by atoms with Crippen LogP contribution in [0, 0.1) is 0 Å². The molecule has 2 heterocycles. The van der Waals surface area contributed by atoms with E-state index in [-0.39, 0.29) is 22.2 Å². The maximum Gasteiger partial charge on any atom is 0.270 e. The number of thiazole rings is 1. The van der Waals surface area contributed by atoms with Crippen LogP contribution in [-0.4, -0.2) is 39.9 Å². The van der Waals surface area contributed by atoms with Gasteiger partial charge in [-0.1, -0.05) is 23.0 Å². The molecule has 31 heavy (non-hydrogen) atoms. The maximum atomic E-state index is 13.2. The Kier molecular flexibility index (Phi) is 5.94. The Labute approximate surface area is 186 Å². The summed E-state index contributed by atoms with van der Waals surface area (Å²) in [5.74, 6) is 0.663. The van der Waals surface area contributed by atoms with Crippen LogP contribution in [-0.2, 0) is 10.0 Å². The fourth-order valence-electron chi connectivity index (χ4n) is 2.92. The number of rotatable bonds is 8. The predicted molar refractivity (Wildman–Crippen MR) is 117 cm³/mol. The number of nitrogens with zero attached hydrogens (tertiary/aromatic N) is 2. The van der Waals surface area contributed by atoms with E-state index >= 15 is 0 Å². The Morgan fingerprint density at radius 3 is 2.39 bits per heavy atom. The summed E-state index contributed by atoms with van der Waals surface area (Å²) in [6.45, 7) is 0. The molecule has 0 aliphatic carbocycles. The highest BCUT2D eigenvalue weighted by molar-refractivity contribution is 8.01.